The van der Waals surface area contributed by atoms with Gasteiger partial charge in [-0.05, 0) is 73.7 Å². The Morgan fingerprint density at radius 3 is 2.45 bits per heavy atom. The van der Waals surface area contributed by atoms with Gasteiger partial charge < -0.3 is 24.4 Å². The molecular formula is C37H36N4O7S. The second-order valence-corrected chi connectivity index (χ2v) is 12.6. The van der Waals surface area contributed by atoms with Gasteiger partial charge in [-0.3, -0.25) is 24.1 Å². The Balaban J connectivity index is 1.37. The molecule has 2 atom stereocenters. The Kier molecular flexibility index (Phi) is 10.0. The Labute approximate surface area is 288 Å². The highest BCUT2D eigenvalue weighted by molar-refractivity contribution is 7.09. The van der Waals surface area contributed by atoms with E-state index >= 15 is 0 Å². The third-order valence-corrected chi connectivity index (χ3v) is 9.60. The van der Waals surface area contributed by atoms with Gasteiger partial charge in [-0.25, -0.2) is 4.98 Å². The van der Waals surface area contributed by atoms with Crippen LogP contribution in [0.4, 0.5) is 11.4 Å². The number of para-hydroxylation sites is 1. The summed E-state index contributed by atoms with van der Waals surface area (Å²) < 4.78 is 16.2. The molecular weight excluding hydrogens is 644 g/mol. The van der Waals surface area contributed by atoms with Gasteiger partial charge >= 0.3 is 0 Å². The highest BCUT2D eigenvalue weighted by Crippen LogP contribution is 2.34. The van der Waals surface area contributed by atoms with Crippen LogP contribution in [-0.4, -0.2) is 67.3 Å². The quantitative estimate of drug-likeness (QED) is 0.148. The van der Waals surface area contributed by atoms with Crippen molar-refractivity contribution in [2.45, 2.75) is 31.8 Å². The molecule has 1 N–H and O–H groups in total. The molecule has 0 spiro atoms. The summed E-state index contributed by atoms with van der Waals surface area (Å²) in [7, 11) is 4.64. The van der Waals surface area contributed by atoms with Crippen molar-refractivity contribution in [3.8, 4) is 28.5 Å². The number of anilines is 2. The van der Waals surface area contributed by atoms with Crippen LogP contribution in [-0.2, 0) is 20.9 Å². The number of Topliss-reactive ketones (excluding diaryl/α,β-unsaturated/α-hetero) is 1. The van der Waals surface area contributed by atoms with Crippen LogP contribution >= 0.6 is 11.3 Å². The van der Waals surface area contributed by atoms with Gasteiger partial charge in [0.2, 0.25) is 11.8 Å². The number of benzene rings is 3. The summed E-state index contributed by atoms with van der Waals surface area (Å²) in [5.74, 6) is -0.910. The summed E-state index contributed by atoms with van der Waals surface area (Å²) in [6, 6.07) is 18.2. The van der Waals surface area contributed by atoms with E-state index in [0.717, 1.165) is 17.7 Å². The summed E-state index contributed by atoms with van der Waals surface area (Å²) in [6.45, 7) is -0.411. The molecule has 49 heavy (non-hydrogen) atoms. The van der Waals surface area contributed by atoms with Crippen molar-refractivity contribution >= 4 is 46.2 Å². The minimum Gasteiger partial charge on any atom is -0.497 e. The zero-order chi connectivity index (χ0) is 34.5. The number of hydrogen-bond acceptors (Lipinski definition) is 9. The molecule has 1 aliphatic heterocycles. The molecule has 0 saturated carbocycles. The molecule has 0 bridgehead atoms. The summed E-state index contributed by atoms with van der Waals surface area (Å²) in [6.07, 6.45) is 6.07. The lowest BCUT2D eigenvalue weighted by molar-refractivity contribution is -0.140. The van der Waals surface area contributed by atoms with E-state index in [-0.39, 0.29) is 18.0 Å². The van der Waals surface area contributed by atoms with E-state index in [9.17, 15) is 19.2 Å². The fraction of sp³-hybridized carbons (Fsp3) is 0.270. The second kappa shape index (κ2) is 14.7. The summed E-state index contributed by atoms with van der Waals surface area (Å²) >= 11 is 1.37. The van der Waals surface area contributed by atoms with Crippen LogP contribution in [0.3, 0.4) is 0 Å². The number of carbonyl (C=O) groups is 4. The first-order chi connectivity index (χ1) is 23.8. The van der Waals surface area contributed by atoms with Gasteiger partial charge in [0.15, 0.2) is 0 Å². The van der Waals surface area contributed by atoms with Crippen LogP contribution in [0.5, 0.6) is 17.2 Å². The number of allylic oxidation sites excluding steroid dienone is 2. The first kappa shape index (κ1) is 33.4. The van der Waals surface area contributed by atoms with Crippen LogP contribution in [0.2, 0.25) is 0 Å². The molecule has 12 heteroatoms. The fourth-order valence-electron chi connectivity index (χ4n) is 6.22. The maximum Gasteiger partial charge on any atom is 0.299 e. The average molecular weight is 681 g/mol. The van der Waals surface area contributed by atoms with Crippen molar-refractivity contribution in [2.24, 2.45) is 5.92 Å². The zero-order valence-corrected chi connectivity index (χ0v) is 28.2. The maximum atomic E-state index is 14.5. The molecule has 0 fully saturated rings. The number of nitrogens with zero attached hydrogens (tertiary/aromatic N) is 3. The molecule has 3 aromatic carbocycles. The average Bonchev–Trinajstić information content (AvgIpc) is 3.70. The molecule has 2 aliphatic rings. The number of carbonyl (C=O) groups excluding carboxylic acids is 4. The van der Waals surface area contributed by atoms with Crippen molar-refractivity contribution < 1.29 is 33.4 Å². The number of amides is 3. The summed E-state index contributed by atoms with van der Waals surface area (Å²) in [5, 5.41) is 5.51. The lowest BCUT2D eigenvalue weighted by atomic mass is 9.86. The number of hydrogen-bond donors (Lipinski definition) is 1. The van der Waals surface area contributed by atoms with Gasteiger partial charge in [-0.2, -0.15) is 0 Å². The molecule has 1 aliphatic carbocycles. The third kappa shape index (κ3) is 7.05. The number of rotatable bonds is 12. The van der Waals surface area contributed by atoms with Crippen LogP contribution in [0, 0.1) is 5.92 Å². The summed E-state index contributed by atoms with van der Waals surface area (Å²) in [5.41, 5.74) is 2.62. The molecule has 6 rings (SSSR count). The van der Waals surface area contributed by atoms with E-state index < -0.39 is 36.1 Å². The number of ketones is 1. The molecule has 2 heterocycles. The van der Waals surface area contributed by atoms with Gasteiger partial charge in [0.25, 0.3) is 11.7 Å². The molecule has 2 unspecified atom stereocenters. The lowest BCUT2D eigenvalue weighted by Gasteiger charge is -2.37. The number of methoxy groups -OCH3 is 3. The van der Waals surface area contributed by atoms with Gasteiger partial charge in [-0.1, -0.05) is 24.3 Å². The Bertz CT molecular complexity index is 1900. The Hall–Kier alpha value is -5.49. The number of ether oxygens (including phenoxy) is 3. The van der Waals surface area contributed by atoms with Crippen LogP contribution in [0.25, 0.3) is 11.3 Å². The molecule has 252 valence electrons. The van der Waals surface area contributed by atoms with Crippen LogP contribution in [0.15, 0.2) is 84.3 Å². The highest BCUT2D eigenvalue weighted by Gasteiger charge is 2.41. The first-order valence-electron chi connectivity index (χ1n) is 15.8. The molecule has 0 radical (unpaired) electrons. The minimum atomic E-state index is -0.943. The van der Waals surface area contributed by atoms with E-state index in [1.807, 2.05) is 35.7 Å². The van der Waals surface area contributed by atoms with Gasteiger partial charge in [0.05, 0.1) is 50.5 Å². The summed E-state index contributed by atoms with van der Waals surface area (Å²) in [4.78, 5) is 62.4. The van der Waals surface area contributed by atoms with Crippen molar-refractivity contribution in [3.63, 3.8) is 0 Å². The topological polar surface area (TPSA) is 127 Å². The number of fused-ring (bicyclic) bond motifs is 1. The van der Waals surface area contributed by atoms with E-state index in [0.29, 0.717) is 46.4 Å². The SMILES string of the molecule is COc1ccc(-c2csc(CN(C(=O)CN3C(=O)C(=O)c4ccccc43)C(C(=O)Nc3ccc(OC)cc3OC)C3CC=CCC3)n2)cc1. The predicted molar refractivity (Wildman–Crippen MR) is 186 cm³/mol. The molecule has 1 aromatic heterocycles. The van der Waals surface area contributed by atoms with Crippen LogP contribution in [0.1, 0.15) is 34.6 Å². The number of nitrogens with one attached hydrogen (secondary N) is 1. The molecule has 11 nitrogen and oxygen atoms in total. The maximum absolute atomic E-state index is 14.5. The van der Waals surface area contributed by atoms with E-state index in [1.54, 1.807) is 56.7 Å². The lowest BCUT2D eigenvalue weighted by Crippen LogP contribution is -2.54. The van der Waals surface area contributed by atoms with Crippen molar-refractivity contribution in [2.75, 3.05) is 38.1 Å². The third-order valence-electron chi connectivity index (χ3n) is 8.76. The highest BCUT2D eigenvalue weighted by atomic mass is 32.1. The molecule has 4 aromatic rings. The largest absolute Gasteiger partial charge is 0.497 e. The van der Waals surface area contributed by atoms with E-state index in [2.05, 4.69) is 11.4 Å². The smallest absolute Gasteiger partial charge is 0.299 e. The van der Waals surface area contributed by atoms with Gasteiger partial charge in [-0.15, -0.1) is 11.3 Å². The minimum absolute atomic E-state index is 0.00925. The first-order valence-corrected chi connectivity index (χ1v) is 16.7. The Morgan fingerprint density at radius 2 is 1.73 bits per heavy atom. The molecule has 3 amide bonds. The van der Waals surface area contributed by atoms with Gasteiger partial charge in [0, 0.05) is 17.0 Å². The number of thiazole rings is 1. The van der Waals surface area contributed by atoms with Crippen molar-refractivity contribution in [1.82, 2.24) is 9.88 Å². The van der Waals surface area contributed by atoms with E-state index in [1.165, 1.54) is 28.2 Å². The number of aromatic nitrogens is 1. The van der Waals surface area contributed by atoms with Gasteiger partial charge in [0.1, 0.15) is 34.8 Å². The monoisotopic (exact) mass is 680 g/mol. The van der Waals surface area contributed by atoms with Crippen molar-refractivity contribution in [1.29, 1.82) is 0 Å². The van der Waals surface area contributed by atoms with E-state index in [4.69, 9.17) is 19.2 Å². The predicted octanol–water partition coefficient (Wildman–Crippen LogP) is 5.76. The van der Waals surface area contributed by atoms with Crippen molar-refractivity contribution in [3.05, 3.63) is 94.8 Å². The fourth-order valence-corrected chi connectivity index (χ4v) is 7.02. The normalized spacial score (nSPS) is 15.8. The second-order valence-electron chi connectivity index (χ2n) is 11.7. The Morgan fingerprint density at radius 1 is 0.980 bits per heavy atom. The van der Waals surface area contributed by atoms with Crippen LogP contribution < -0.4 is 24.4 Å². The zero-order valence-electron chi connectivity index (χ0n) is 27.4. The molecule has 0 saturated heterocycles. The standard InChI is InChI=1S/C37H36N4O7S/c1-46-25-15-13-23(14-16-25)29-22-49-32(38-29)20-41(33(42)21-40-30-12-8-7-11-27(30)35(43)37(40)45)34(24-9-5-4-6-10-24)36(44)39-28-18-17-26(47-2)19-31(28)48-3/h4-5,7-8,11-19,22,24,34H,6,9-10,20-21H2,1-3H3,(H,39,44).